The van der Waals surface area contributed by atoms with E-state index >= 15 is 0 Å². The minimum Gasteiger partial charge on any atom is -0.493 e. The number of benzene rings is 1. The third kappa shape index (κ3) is 7.26. The number of aromatic nitrogens is 2. The molecule has 8 nitrogen and oxygen atoms in total. The van der Waals surface area contributed by atoms with E-state index in [-0.39, 0.29) is 29.5 Å². The first-order valence-corrected chi connectivity index (χ1v) is 10.7. The number of alkyl halides is 2. The molecular weight excluding hydrogens is 410 g/mol. The molecule has 0 saturated carbocycles. The fourth-order valence-electron chi connectivity index (χ4n) is 2.78. The van der Waals surface area contributed by atoms with Crippen LogP contribution in [-0.4, -0.2) is 46.6 Å². The fraction of sp³-hybridized carbons (Fsp3) is 0.500. The van der Waals surface area contributed by atoms with Crippen LogP contribution in [0, 0.1) is 0 Å². The highest BCUT2D eigenvalue weighted by atomic mass is 32.2. The maximum absolute atomic E-state index is 14.4. The maximum Gasteiger partial charge on any atom is 0.333 e. The second-order valence-corrected chi connectivity index (χ2v) is 8.22. The first kappa shape index (κ1) is 23.0. The molecule has 1 heterocycles. The summed E-state index contributed by atoms with van der Waals surface area (Å²) < 4.78 is 64.5. The fourth-order valence-corrected chi connectivity index (χ4v) is 3.35. The van der Waals surface area contributed by atoms with Gasteiger partial charge in [0.1, 0.15) is 6.61 Å². The molecule has 0 atom stereocenters. The summed E-state index contributed by atoms with van der Waals surface area (Å²) in [4.78, 5) is 14.0. The molecule has 3 N–H and O–H groups in total. The molecule has 2 rings (SSSR count). The van der Waals surface area contributed by atoms with Crippen molar-refractivity contribution in [2.75, 3.05) is 19.0 Å². The quantitative estimate of drug-likeness (QED) is 0.349. The summed E-state index contributed by atoms with van der Waals surface area (Å²) in [6.45, 7) is -0.696. The van der Waals surface area contributed by atoms with E-state index in [2.05, 4.69) is 4.98 Å². The largest absolute Gasteiger partial charge is 0.493 e. The smallest absolute Gasteiger partial charge is 0.333 e. The molecule has 1 aromatic carbocycles. The lowest BCUT2D eigenvalue weighted by atomic mass is 10.1. The lowest BCUT2D eigenvalue weighted by Crippen LogP contribution is -2.22. The minimum absolute atomic E-state index is 0.107. The number of hydrogen-bond acceptors (Lipinski definition) is 5. The van der Waals surface area contributed by atoms with Gasteiger partial charge in [-0.1, -0.05) is 31.4 Å². The van der Waals surface area contributed by atoms with Crippen molar-refractivity contribution in [3.63, 3.8) is 0 Å². The van der Waals surface area contributed by atoms with Crippen molar-refractivity contribution in [3.8, 4) is 11.6 Å². The highest BCUT2D eigenvalue weighted by molar-refractivity contribution is 7.85. The molecule has 0 saturated heterocycles. The lowest BCUT2D eigenvalue weighted by Gasteiger charge is -2.18. The summed E-state index contributed by atoms with van der Waals surface area (Å²) in [7, 11) is -3.93. The van der Waals surface area contributed by atoms with Gasteiger partial charge in [-0.2, -0.15) is 17.2 Å². The molecule has 0 bridgehead atoms. The second-order valence-electron chi connectivity index (χ2n) is 6.65. The minimum atomic E-state index is -3.93. The summed E-state index contributed by atoms with van der Waals surface area (Å²) in [6, 6.07) is 5.13. The Balaban J connectivity index is 1.79. The van der Waals surface area contributed by atoms with Gasteiger partial charge >= 0.3 is 5.69 Å². The summed E-state index contributed by atoms with van der Waals surface area (Å²) in [5.74, 6) is -3.94. The van der Waals surface area contributed by atoms with Gasteiger partial charge in [-0.15, -0.1) is 0 Å². The Bertz CT molecular complexity index is 955. The Hall–Kier alpha value is -2.24. The molecule has 0 fully saturated rings. The molecule has 0 radical (unpaired) electrons. The number of rotatable bonds is 12. The molecule has 1 aromatic heterocycles. The molecule has 0 amide bonds. The van der Waals surface area contributed by atoms with E-state index in [1.54, 1.807) is 0 Å². The second kappa shape index (κ2) is 9.99. The Kier molecular flexibility index (Phi) is 7.94. The standard InChI is InChI=1S/C18H24F2N2O6S/c19-18(20,13-28-9-4-2-1-3-5-10-29(25,26)27)14-7-6-8-15(11-14)22-16(23)12-21-17(22)24/h6-8,11-12,23H,1-5,9-10,13H2,(H,21,24)(H,25,26,27). The van der Waals surface area contributed by atoms with Crippen molar-refractivity contribution in [2.24, 2.45) is 0 Å². The highest BCUT2D eigenvalue weighted by Crippen LogP contribution is 2.30. The predicted molar refractivity (Wildman–Crippen MR) is 102 cm³/mol. The van der Waals surface area contributed by atoms with Crippen LogP contribution in [0.5, 0.6) is 5.88 Å². The van der Waals surface area contributed by atoms with E-state index in [0.717, 1.165) is 16.8 Å². The molecule has 2 aromatic rings. The van der Waals surface area contributed by atoms with Crippen LogP contribution in [0.2, 0.25) is 0 Å². The Morgan fingerprint density at radius 1 is 1.14 bits per heavy atom. The van der Waals surface area contributed by atoms with Gasteiger partial charge < -0.3 is 14.8 Å². The summed E-state index contributed by atoms with van der Waals surface area (Å²) >= 11 is 0. The summed E-state index contributed by atoms with van der Waals surface area (Å²) in [6.07, 6.45) is 4.00. The van der Waals surface area contributed by atoms with Crippen molar-refractivity contribution in [1.29, 1.82) is 0 Å². The molecular formula is C18H24F2N2O6S. The lowest BCUT2D eigenvalue weighted by molar-refractivity contribution is -0.0831. The molecule has 162 valence electrons. The highest BCUT2D eigenvalue weighted by Gasteiger charge is 2.32. The molecule has 29 heavy (non-hydrogen) atoms. The van der Waals surface area contributed by atoms with E-state index < -0.39 is 28.3 Å². The van der Waals surface area contributed by atoms with E-state index in [4.69, 9.17) is 9.29 Å². The molecule has 0 aliphatic heterocycles. The monoisotopic (exact) mass is 434 g/mol. The molecule has 0 unspecified atom stereocenters. The number of nitrogens with zero attached hydrogens (tertiary/aromatic N) is 1. The zero-order valence-electron chi connectivity index (χ0n) is 15.7. The average molecular weight is 434 g/mol. The third-order valence-corrected chi connectivity index (χ3v) is 5.06. The first-order chi connectivity index (χ1) is 13.6. The van der Waals surface area contributed by atoms with Crippen LogP contribution < -0.4 is 5.69 Å². The van der Waals surface area contributed by atoms with E-state index in [0.29, 0.717) is 32.1 Å². The Labute approximate surface area is 166 Å². The van der Waals surface area contributed by atoms with Gasteiger partial charge in [0.15, 0.2) is 0 Å². The zero-order valence-corrected chi connectivity index (χ0v) is 16.5. The van der Waals surface area contributed by atoms with Crippen LogP contribution in [-0.2, 0) is 20.8 Å². The molecule has 0 aliphatic rings. The van der Waals surface area contributed by atoms with Crippen molar-refractivity contribution >= 4 is 10.1 Å². The zero-order chi connectivity index (χ0) is 21.5. The van der Waals surface area contributed by atoms with Gasteiger partial charge in [0.25, 0.3) is 16.0 Å². The number of nitrogens with one attached hydrogen (secondary N) is 1. The summed E-state index contributed by atoms with van der Waals surface area (Å²) in [5, 5.41) is 9.67. The van der Waals surface area contributed by atoms with Crippen LogP contribution in [0.3, 0.4) is 0 Å². The molecule has 11 heteroatoms. The van der Waals surface area contributed by atoms with Gasteiger partial charge in [0.2, 0.25) is 5.88 Å². The average Bonchev–Trinajstić information content (AvgIpc) is 2.98. The van der Waals surface area contributed by atoms with Crippen molar-refractivity contribution < 1.29 is 31.6 Å². The normalized spacial score (nSPS) is 12.4. The SMILES string of the molecule is O=c1[nH]cc(O)n1-c1cccc(C(F)(F)COCCCCCCCS(=O)(=O)O)c1. The first-order valence-electron chi connectivity index (χ1n) is 9.11. The van der Waals surface area contributed by atoms with Gasteiger partial charge in [-0.25, -0.2) is 9.36 Å². The van der Waals surface area contributed by atoms with E-state index in [1.165, 1.54) is 18.2 Å². The van der Waals surface area contributed by atoms with Crippen molar-refractivity contribution in [2.45, 2.75) is 38.0 Å². The van der Waals surface area contributed by atoms with Gasteiger partial charge in [0, 0.05) is 12.2 Å². The van der Waals surface area contributed by atoms with Gasteiger partial charge in [-0.3, -0.25) is 4.55 Å². The predicted octanol–water partition coefficient (Wildman–Crippen LogP) is 2.82. The van der Waals surface area contributed by atoms with Crippen molar-refractivity contribution in [1.82, 2.24) is 9.55 Å². The number of ether oxygens (including phenoxy) is 1. The number of H-pyrrole nitrogens is 1. The molecule has 0 aliphatic carbocycles. The van der Waals surface area contributed by atoms with Gasteiger partial charge in [-0.05, 0) is 25.0 Å². The van der Waals surface area contributed by atoms with Crippen LogP contribution in [0.25, 0.3) is 5.69 Å². The number of halogens is 2. The number of unbranched alkanes of at least 4 members (excludes halogenated alkanes) is 4. The topological polar surface area (TPSA) is 122 Å². The van der Waals surface area contributed by atoms with Crippen LogP contribution in [0.4, 0.5) is 8.78 Å². The van der Waals surface area contributed by atoms with Gasteiger partial charge in [0.05, 0.1) is 17.6 Å². The Morgan fingerprint density at radius 3 is 2.48 bits per heavy atom. The van der Waals surface area contributed by atoms with E-state index in [9.17, 15) is 27.1 Å². The van der Waals surface area contributed by atoms with Crippen LogP contribution in [0.1, 0.15) is 37.7 Å². The third-order valence-electron chi connectivity index (χ3n) is 4.26. The van der Waals surface area contributed by atoms with Crippen molar-refractivity contribution in [3.05, 3.63) is 46.5 Å². The summed E-state index contributed by atoms with van der Waals surface area (Å²) in [5.41, 5.74) is -0.876. The number of hydrogen-bond donors (Lipinski definition) is 3. The molecule has 0 spiro atoms. The number of aromatic amines is 1. The van der Waals surface area contributed by atoms with Crippen LogP contribution in [0.15, 0.2) is 35.3 Å². The maximum atomic E-state index is 14.4. The van der Waals surface area contributed by atoms with Crippen LogP contribution >= 0.6 is 0 Å². The Morgan fingerprint density at radius 2 is 1.83 bits per heavy atom. The number of aromatic hydroxyl groups is 1. The van der Waals surface area contributed by atoms with E-state index in [1.807, 2.05) is 0 Å². The number of imidazole rings is 1.